The topological polar surface area (TPSA) is 138 Å². The molecule has 1 saturated heterocycles. The number of ether oxygens (including phenoxy) is 1. The normalized spacial score (nSPS) is 15.0. The van der Waals surface area contributed by atoms with Crippen molar-refractivity contribution in [2.45, 2.75) is 38.8 Å². The molecule has 1 N–H and O–H groups in total. The van der Waals surface area contributed by atoms with E-state index in [9.17, 15) is 13.2 Å². The number of aromatic nitrogens is 4. The van der Waals surface area contributed by atoms with Gasteiger partial charge in [-0.25, -0.2) is 13.4 Å². The maximum absolute atomic E-state index is 13.2. The van der Waals surface area contributed by atoms with Crippen LogP contribution < -0.4 is 4.74 Å². The third-order valence-corrected chi connectivity index (χ3v) is 8.26. The van der Waals surface area contributed by atoms with Gasteiger partial charge in [-0.05, 0) is 44.0 Å². The van der Waals surface area contributed by atoms with Crippen LogP contribution in [0.5, 0.6) is 5.75 Å². The zero-order valence-electron chi connectivity index (χ0n) is 21.1. The van der Waals surface area contributed by atoms with Gasteiger partial charge in [-0.2, -0.15) is 4.31 Å². The molecule has 1 fully saturated rings. The van der Waals surface area contributed by atoms with E-state index < -0.39 is 10.0 Å². The number of imidazole rings is 1. The van der Waals surface area contributed by atoms with Crippen LogP contribution in [0.4, 0.5) is 0 Å². The molecule has 0 radical (unpaired) electrons. The summed E-state index contributed by atoms with van der Waals surface area (Å²) < 4.78 is 38.4. The van der Waals surface area contributed by atoms with Gasteiger partial charge >= 0.3 is 11.8 Å². The van der Waals surface area contributed by atoms with Crippen LogP contribution in [0.15, 0.2) is 27.6 Å². The van der Waals surface area contributed by atoms with Crippen molar-refractivity contribution in [3.63, 3.8) is 0 Å². The molecular weight excluding hydrogens is 486 g/mol. The Morgan fingerprint density at radius 3 is 2.39 bits per heavy atom. The van der Waals surface area contributed by atoms with E-state index in [0.717, 1.165) is 15.8 Å². The monoisotopic (exact) mass is 517 g/mol. The van der Waals surface area contributed by atoms with Crippen LogP contribution >= 0.6 is 0 Å². The lowest BCUT2D eigenvalue weighted by molar-refractivity contribution is 0.0586. The van der Waals surface area contributed by atoms with Crippen LogP contribution in [0.25, 0.3) is 0 Å². The number of aromatic amines is 1. The fraction of sp³-hybridized carbons (Fsp3) is 0.478. The lowest BCUT2D eigenvalue weighted by atomic mass is 10.1. The molecule has 0 atom stereocenters. The average Bonchev–Trinajstić information content (AvgIpc) is 3.47. The number of H-pyrrole nitrogens is 1. The summed E-state index contributed by atoms with van der Waals surface area (Å²) in [5, 5.41) is 7.79. The van der Waals surface area contributed by atoms with Crippen LogP contribution in [0.3, 0.4) is 0 Å². The second-order valence-corrected chi connectivity index (χ2v) is 10.9. The van der Waals surface area contributed by atoms with E-state index >= 15 is 0 Å². The SMILES string of the molecule is COc1cc(C)c(S(=O)(=O)N(C)Cc2nnc(C(=O)N3CCN(Cc4c[nH]c(C)n4)CC3)o2)c(C)c1. The van der Waals surface area contributed by atoms with Crippen molar-refractivity contribution in [1.29, 1.82) is 0 Å². The number of sulfonamides is 1. The fourth-order valence-corrected chi connectivity index (χ4v) is 5.82. The third kappa shape index (κ3) is 5.42. The van der Waals surface area contributed by atoms with Crippen molar-refractivity contribution in [1.82, 2.24) is 34.3 Å². The van der Waals surface area contributed by atoms with Crippen molar-refractivity contribution in [3.05, 3.63) is 52.8 Å². The fourth-order valence-electron chi connectivity index (χ4n) is 4.29. The predicted octanol–water partition coefficient (Wildman–Crippen LogP) is 1.51. The number of aryl methyl sites for hydroxylation is 3. The summed E-state index contributed by atoms with van der Waals surface area (Å²) in [5.74, 6) is 0.989. The van der Waals surface area contributed by atoms with Crippen molar-refractivity contribution in [2.24, 2.45) is 0 Å². The first kappa shape index (κ1) is 25.8. The van der Waals surface area contributed by atoms with Gasteiger partial charge in [0.05, 0.1) is 24.2 Å². The first-order valence-corrected chi connectivity index (χ1v) is 13.0. The number of hydrogen-bond donors (Lipinski definition) is 1. The smallest absolute Gasteiger partial charge is 0.311 e. The van der Waals surface area contributed by atoms with Gasteiger partial charge in [0.2, 0.25) is 15.9 Å². The number of methoxy groups -OCH3 is 1. The second kappa shape index (κ2) is 10.4. The molecule has 0 spiro atoms. The molecule has 4 rings (SSSR count). The molecule has 3 heterocycles. The zero-order chi connectivity index (χ0) is 26.0. The van der Waals surface area contributed by atoms with E-state index in [-0.39, 0.29) is 29.1 Å². The first-order valence-electron chi connectivity index (χ1n) is 11.5. The summed E-state index contributed by atoms with van der Waals surface area (Å²) in [4.78, 5) is 24.5. The largest absolute Gasteiger partial charge is 0.497 e. The highest BCUT2D eigenvalue weighted by Crippen LogP contribution is 2.28. The molecule has 0 saturated carbocycles. The highest BCUT2D eigenvalue weighted by atomic mass is 32.2. The van der Waals surface area contributed by atoms with Gasteiger partial charge in [0, 0.05) is 46.0 Å². The molecule has 13 heteroatoms. The minimum absolute atomic E-state index is 0.0424. The van der Waals surface area contributed by atoms with Gasteiger partial charge in [0.1, 0.15) is 11.6 Å². The average molecular weight is 518 g/mol. The van der Waals surface area contributed by atoms with Gasteiger partial charge < -0.3 is 19.0 Å². The summed E-state index contributed by atoms with van der Waals surface area (Å²) in [6.45, 7) is 8.32. The number of nitrogens with zero attached hydrogens (tertiary/aromatic N) is 6. The van der Waals surface area contributed by atoms with Crippen LogP contribution in [0.1, 0.15) is 39.2 Å². The molecule has 12 nitrogen and oxygen atoms in total. The molecule has 194 valence electrons. The lowest BCUT2D eigenvalue weighted by Gasteiger charge is -2.33. The van der Waals surface area contributed by atoms with E-state index in [2.05, 4.69) is 25.1 Å². The quantitative estimate of drug-likeness (QED) is 0.471. The van der Waals surface area contributed by atoms with E-state index in [0.29, 0.717) is 49.6 Å². The number of carbonyl (C=O) groups is 1. The van der Waals surface area contributed by atoms with E-state index in [1.807, 2.05) is 13.1 Å². The van der Waals surface area contributed by atoms with Crippen molar-refractivity contribution in [3.8, 4) is 5.75 Å². The number of carbonyl (C=O) groups excluding carboxylic acids is 1. The van der Waals surface area contributed by atoms with Crippen molar-refractivity contribution >= 4 is 15.9 Å². The number of rotatable bonds is 8. The molecule has 0 bridgehead atoms. The Balaban J connectivity index is 1.37. The van der Waals surface area contributed by atoms with Crippen LogP contribution in [0.2, 0.25) is 0 Å². The number of piperazine rings is 1. The number of nitrogens with one attached hydrogen (secondary N) is 1. The molecule has 1 aliphatic rings. The number of amides is 1. The zero-order valence-corrected chi connectivity index (χ0v) is 21.9. The van der Waals surface area contributed by atoms with Crippen LogP contribution in [-0.2, 0) is 23.1 Å². The summed E-state index contributed by atoms with van der Waals surface area (Å²) in [7, 11) is -0.877. The van der Waals surface area contributed by atoms with Gasteiger partial charge in [-0.3, -0.25) is 9.69 Å². The van der Waals surface area contributed by atoms with Crippen molar-refractivity contribution in [2.75, 3.05) is 40.3 Å². The predicted molar refractivity (Wildman–Crippen MR) is 130 cm³/mol. The standard InChI is InChI=1S/C23H31N7O5S/c1-15-10-19(34-5)11-16(2)21(15)36(32,33)28(4)14-20-26-27-22(35-20)23(31)30-8-6-29(7-9-30)13-18-12-24-17(3)25-18/h10-12H,6-9,13-14H2,1-5H3,(H,24,25). The maximum atomic E-state index is 13.2. The number of benzene rings is 1. The Kier molecular flexibility index (Phi) is 7.43. The summed E-state index contributed by atoms with van der Waals surface area (Å²) in [6, 6.07) is 3.35. The van der Waals surface area contributed by atoms with Crippen molar-refractivity contribution < 1.29 is 22.4 Å². The van der Waals surface area contributed by atoms with Crippen LogP contribution in [0, 0.1) is 20.8 Å². The van der Waals surface area contributed by atoms with E-state index in [1.165, 1.54) is 14.2 Å². The lowest BCUT2D eigenvalue weighted by Crippen LogP contribution is -2.48. The summed E-state index contributed by atoms with van der Waals surface area (Å²) >= 11 is 0. The molecular formula is C23H31N7O5S. The molecule has 36 heavy (non-hydrogen) atoms. The molecule has 0 unspecified atom stereocenters. The molecule has 3 aromatic rings. The van der Waals surface area contributed by atoms with Gasteiger partial charge in [-0.1, -0.05) is 0 Å². The van der Waals surface area contributed by atoms with Crippen LogP contribution in [-0.4, -0.2) is 88.9 Å². The Morgan fingerprint density at radius 1 is 1.14 bits per heavy atom. The first-order chi connectivity index (χ1) is 17.1. The molecule has 0 aliphatic carbocycles. The highest BCUT2D eigenvalue weighted by Gasteiger charge is 2.29. The Labute approximate surface area is 210 Å². The Morgan fingerprint density at radius 2 is 1.81 bits per heavy atom. The number of hydrogen-bond acceptors (Lipinski definition) is 9. The molecule has 2 aromatic heterocycles. The molecule has 1 aromatic carbocycles. The Hall–Kier alpha value is -3.29. The summed E-state index contributed by atoms with van der Waals surface area (Å²) in [5.41, 5.74) is 2.11. The summed E-state index contributed by atoms with van der Waals surface area (Å²) in [6.07, 6.45) is 1.89. The van der Waals surface area contributed by atoms with Gasteiger partial charge in [0.25, 0.3) is 0 Å². The van der Waals surface area contributed by atoms with Gasteiger partial charge in [-0.15, -0.1) is 10.2 Å². The maximum Gasteiger partial charge on any atom is 0.311 e. The van der Waals surface area contributed by atoms with Gasteiger partial charge in [0.15, 0.2) is 0 Å². The van der Waals surface area contributed by atoms with E-state index in [4.69, 9.17) is 9.15 Å². The molecule has 1 amide bonds. The minimum atomic E-state index is -3.84. The van der Waals surface area contributed by atoms with E-state index in [1.54, 1.807) is 30.9 Å². The minimum Gasteiger partial charge on any atom is -0.497 e. The Bertz CT molecular complexity index is 1320. The highest BCUT2D eigenvalue weighted by molar-refractivity contribution is 7.89. The second-order valence-electron chi connectivity index (χ2n) is 8.90. The third-order valence-electron chi connectivity index (χ3n) is 6.15. The molecule has 1 aliphatic heterocycles.